The zero-order valence-electron chi connectivity index (χ0n) is 17.9. The normalized spacial score (nSPS) is 10.8. The van der Waals surface area contributed by atoms with Crippen LogP contribution in [-0.4, -0.2) is 24.5 Å². The molecule has 0 saturated carbocycles. The number of benzene rings is 3. The van der Waals surface area contributed by atoms with Gasteiger partial charge in [-0.1, -0.05) is 35.0 Å². The van der Waals surface area contributed by atoms with Gasteiger partial charge in [0.05, 0.1) is 31.0 Å². The van der Waals surface area contributed by atoms with E-state index in [9.17, 15) is 5.11 Å². The van der Waals surface area contributed by atoms with E-state index in [1.54, 1.807) is 32.4 Å². The molecule has 164 valence electrons. The number of rotatable bonds is 7. The van der Waals surface area contributed by atoms with Crippen LogP contribution in [0.3, 0.4) is 0 Å². The minimum absolute atomic E-state index is 0.0245. The molecule has 0 aliphatic rings. The Balaban J connectivity index is 1.63. The van der Waals surface area contributed by atoms with E-state index in [-0.39, 0.29) is 5.75 Å². The highest BCUT2D eigenvalue weighted by Crippen LogP contribution is 2.42. The number of halogens is 1. The molecule has 0 radical (unpaired) electrons. The van der Waals surface area contributed by atoms with Gasteiger partial charge in [0.1, 0.15) is 18.1 Å². The number of hydrogen-bond donors (Lipinski definition) is 1. The van der Waals surface area contributed by atoms with E-state index in [1.165, 1.54) is 0 Å². The van der Waals surface area contributed by atoms with Crippen molar-refractivity contribution in [2.75, 3.05) is 14.2 Å². The topological polar surface area (TPSA) is 74.0 Å². The fourth-order valence-corrected chi connectivity index (χ4v) is 3.55. The van der Waals surface area contributed by atoms with Gasteiger partial charge in [0.2, 0.25) is 0 Å². The van der Waals surface area contributed by atoms with Crippen LogP contribution in [0.5, 0.6) is 23.0 Å². The Labute approximate surface area is 190 Å². The van der Waals surface area contributed by atoms with E-state index in [2.05, 4.69) is 5.16 Å². The predicted molar refractivity (Wildman–Crippen MR) is 123 cm³/mol. The molecule has 7 heteroatoms. The van der Waals surface area contributed by atoms with Crippen LogP contribution < -0.4 is 14.2 Å². The zero-order chi connectivity index (χ0) is 22.7. The molecule has 1 N–H and O–H groups in total. The van der Waals surface area contributed by atoms with Gasteiger partial charge >= 0.3 is 0 Å². The molecule has 0 spiro atoms. The van der Waals surface area contributed by atoms with Crippen LogP contribution in [0.2, 0.25) is 5.02 Å². The molecule has 1 aromatic heterocycles. The molecular weight excluding hydrogens is 430 g/mol. The van der Waals surface area contributed by atoms with Gasteiger partial charge < -0.3 is 23.8 Å². The maximum Gasteiger partial charge on any atom is 0.178 e. The van der Waals surface area contributed by atoms with E-state index in [1.807, 2.05) is 49.4 Å². The molecule has 4 aromatic rings. The van der Waals surface area contributed by atoms with Crippen LogP contribution >= 0.6 is 11.6 Å². The Hall–Kier alpha value is -3.64. The number of aryl methyl sites for hydroxylation is 1. The molecule has 0 bridgehead atoms. The Kier molecular flexibility index (Phi) is 6.23. The number of nitrogens with zero attached hydrogens (tertiary/aromatic N) is 1. The Morgan fingerprint density at radius 3 is 2.38 bits per heavy atom. The Morgan fingerprint density at radius 2 is 1.69 bits per heavy atom. The largest absolute Gasteiger partial charge is 0.507 e. The highest BCUT2D eigenvalue weighted by molar-refractivity contribution is 6.30. The number of hydrogen-bond acceptors (Lipinski definition) is 6. The lowest BCUT2D eigenvalue weighted by Gasteiger charge is -2.11. The van der Waals surface area contributed by atoms with E-state index < -0.39 is 0 Å². The van der Waals surface area contributed by atoms with Crippen LogP contribution in [0.15, 0.2) is 65.2 Å². The highest BCUT2D eigenvalue weighted by atomic mass is 35.5. The quantitative estimate of drug-likeness (QED) is 0.357. The molecule has 0 fully saturated rings. The fraction of sp³-hybridized carbons (Fsp3) is 0.160. The lowest BCUT2D eigenvalue weighted by Crippen LogP contribution is -1.95. The van der Waals surface area contributed by atoms with Crippen molar-refractivity contribution in [1.29, 1.82) is 0 Å². The van der Waals surface area contributed by atoms with Gasteiger partial charge in [0, 0.05) is 11.1 Å². The molecule has 0 atom stereocenters. The molecule has 4 rings (SSSR count). The summed E-state index contributed by atoms with van der Waals surface area (Å²) in [6, 6.07) is 18.0. The summed E-state index contributed by atoms with van der Waals surface area (Å²) in [5.41, 5.74) is 3.76. The molecule has 0 saturated heterocycles. The summed E-state index contributed by atoms with van der Waals surface area (Å²) in [6.45, 7) is 2.20. The molecule has 0 amide bonds. The Morgan fingerprint density at radius 1 is 0.938 bits per heavy atom. The fourth-order valence-electron chi connectivity index (χ4n) is 3.43. The van der Waals surface area contributed by atoms with Crippen molar-refractivity contribution in [1.82, 2.24) is 5.16 Å². The third-order valence-electron chi connectivity index (χ3n) is 5.07. The summed E-state index contributed by atoms with van der Waals surface area (Å²) in [5.74, 6) is 2.22. The van der Waals surface area contributed by atoms with Gasteiger partial charge in [-0.05, 0) is 54.4 Å². The third-order valence-corrected chi connectivity index (χ3v) is 5.32. The molecule has 1 heterocycles. The third kappa shape index (κ3) is 4.36. The van der Waals surface area contributed by atoms with E-state index in [0.29, 0.717) is 45.9 Å². The average molecular weight is 452 g/mol. The first-order chi connectivity index (χ1) is 15.5. The molecule has 0 aliphatic carbocycles. The van der Waals surface area contributed by atoms with Gasteiger partial charge in [0.25, 0.3) is 0 Å². The van der Waals surface area contributed by atoms with Crippen molar-refractivity contribution in [2.24, 2.45) is 0 Å². The molecule has 3 aromatic carbocycles. The van der Waals surface area contributed by atoms with Gasteiger partial charge in [-0.15, -0.1) is 0 Å². The monoisotopic (exact) mass is 451 g/mol. The summed E-state index contributed by atoms with van der Waals surface area (Å²) in [4.78, 5) is 0. The second-order valence-electron chi connectivity index (χ2n) is 7.14. The van der Waals surface area contributed by atoms with Crippen molar-refractivity contribution in [3.63, 3.8) is 0 Å². The van der Waals surface area contributed by atoms with E-state index in [4.69, 9.17) is 30.3 Å². The SMILES string of the molecule is COc1ccc(-c2c(C)noc2-c2ccc(OCc3ccc(Cl)cc3)cc2O)cc1OC. The van der Waals surface area contributed by atoms with Crippen LogP contribution in [0, 0.1) is 6.92 Å². The van der Waals surface area contributed by atoms with E-state index in [0.717, 1.165) is 16.7 Å². The maximum absolute atomic E-state index is 10.7. The van der Waals surface area contributed by atoms with Gasteiger partial charge in [0.15, 0.2) is 17.3 Å². The molecule has 0 unspecified atom stereocenters. The first-order valence-electron chi connectivity index (χ1n) is 9.89. The number of aromatic hydroxyl groups is 1. The molecule has 6 nitrogen and oxygen atoms in total. The minimum atomic E-state index is 0.0245. The second-order valence-corrected chi connectivity index (χ2v) is 7.57. The van der Waals surface area contributed by atoms with Crippen molar-refractivity contribution >= 4 is 11.6 Å². The number of ether oxygens (including phenoxy) is 3. The highest BCUT2D eigenvalue weighted by Gasteiger charge is 2.21. The summed E-state index contributed by atoms with van der Waals surface area (Å²) in [5, 5.41) is 15.5. The van der Waals surface area contributed by atoms with Gasteiger partial charge in [-0.2, -0.15) is 0 Å². The lowest BCUT2D eigenvalue weighted by molar-refractivity contribution is 0.304. The standard InChI is InChI=1S/C25H22ClNO5/c1-15-24(17-6-11-22(29-2)23(12-17)30-3)25(32-27-15)20-10-9-19(13-21(20)28)31-14-16-4-7-18(26)8-5-16/h4-13,28H,14H2,1-3H3. The summed E-state index contributed by atoms with van der Waals surface area (Å²) in [7, 11) is 3.17. The smallest absolute Gasteiger partial charge is 0.178 e. The minimum Gasteiger partial charge on any atom is -0.507 e. The van der Waals surface area contributed by atoms with Crippen molar-refractivity contribution < 1.29 is 23.8 Å². The molecular formula is C25H22ClNO5. The summed E-state index contributed by atoms with van der Waals surface area (Å²) in [6.07, 6.45) is 0. The van der Waals surface area contributed by atoms with E-state index >= 15 is 0 Å². The summed E-state index contributed by atoms with van der Waals surface area (Å²) >= 11 is 5.91. The zero-order valence-corrected chi connectivity index (χ0v) is 18.6. The van der Waals surface area contributed by atoms with Crippen LogP contribution in [-0.2, 0) is 6.61 Å². The van der Waals surface area contributed by atoms with Crippen molar-refractivity contribution in [3.05, 3.63) is 76.9 Å². The number of methoxy groups -OCH3 is 2. The van der Waals surface area contributed by atoms with Crippen LogP contribution in [0.4, 0.5) is 0 Å². The van der Waals surface area contributed by atoms with Gasteiger partial charge in [-0.25, -0.2) is 0 Å². The van der Waals surface area contributed by atoms with Gasteiger partial charge in [-0.3, -0.25) is 0 Å². The van der Waals surface area contributed by atoms with Crippen LogP contribution in [0.25, 0.3) is 22.5 Å². The number of phenolic OH excluding ortho intramolecular Hbond substituents is 1. The maximum atomic E-state index is 10.7. The number of phenols is 1. The first-order valence-corrected chi connectivity index (χ1v) is 10.3. The van der Waals surface area contributed by atoms with Crippen molar-refractivity contribution in [3.8, 4) is 45.4 Å². The lowest BCUT2D eigenvalue weighted by atomic mass is 9.99. The molecule has 0 aliphatic heterocycles. The predicted octanol–water partition coefficient (Wildman–Crippen LogP) is 6.27. The molecule has 32 heavy (non-hydrogen) atoms. The van der Waals surface area contributed by atoms with Crippen molar-refractivity contribution in [2.45, 2.75) is 13.5 Å². The number of aromatic nitrogens is 1. The average Bonchev–Trinajstić information content (AvgIpc) is 3.19. The second kappa shape index (κ2) is 9.24. The first kappa shape index (κ1) is 21.6. The Bertz CT molecular complexity index is 1230. The van der Waals surface area contributed by atoms with Crippen LogP contribution in [0.1, 0.15) is 11.3 Å². The summed E-state index contributed by atoms with van der Waals surface area (Å²) < 4.78 is 22.1.